The molecule has 3 aromatic rings. The summed E-state index contributed by atoms with van der Waals surface area (Å²) in [6.07, 6.45) is 0. The fourth-order valence-corrected chi connectivity index (χ4v) is 2.36. The maximum Gasteiger partial charge on any atom is 0.0809 e. The Kier molecular flexibility index (Phi) is 2.01. The molecule has 3 rings (SSSR count). The second-order valence-corrected chi connectivity index (χ2v) is 4.36. The third kappa shape index (κ3) is 1.20. The van der Waals surface area contributed by atoms with Gasteiger partial charge >= 0.3 is 0 Å². The lowest BCUT2D eigenvalue weighted by Crippen LogP contribution is -2.05. The van der Waals surface area contributed by atoms with Crippen molar-refractivity contribution in [2.24, 2.45) is 0 Å². The molecule has 0 saturated heterocycles. The Morgan fingerprint density at radius 1 is 0.556 bits per heavy atom. The third-order valence-electron chi connectivity index (χ3n) is 3.36. The fourth-order valence-electron chi connectivity index (χ4n) is 2.36. The Bertz CT molecular complexity index is 778. The minimum atomic E-state index is 0.357. The molecule has 0 radical (unpaired) electrons. The smallest absolute Gasteiger partial charge is 0.0809 e. The number of nitrogens with two attached hydrogens (primary N) is 4. The summed E-state index contributed by atoms with van der Waals surface area (Å²) in [6, 6.07) is 11.9. The van der Waals surface area contributed by atoms with Gasteiger partial charge in [0.1, 0.15) is 0 Å². The number of benzene rings is 3. The van der Waals surface area contributed by atoms with E-state index in [1.807, 2.05) is 36.4 Å². The minimum Gasteiger partial charge on any atom is -0.396 e. The van der Waals surface area contributed by atoms with E-state index < -0.39 is 0 Å². The molecular formula is C14H14N4. The molecule has 0 amide bonds. The highest BCUT2D eigenvalue weighted by atomic mass is 14.8. The van der Waals surface area contributed by atoms with E-state index in [0.29, 0.717) is 22.7 Å². The van der Waals surface area contributed by atoms with Crippen molar-refractivity contribution in [1.29, 1.82) is 0 Å². The van der Waals surface area contributed by atoms with Crippen LogP contribution < -0.4 is 22.9 Å². The molecule has 0 aliphatic rings. The van der Waals surface area contributed by atoms with Crippen LogP contribution in [-0.2, 0) is 0 Å². The maximum atomic E-state index is 6.09. The predicted molar refractivity (Wildman–Crippen MR) is 79.1 cm³/mol. The molecule has 0 atom stereocenters. The first-order chi connectivity index (χ1) is 8.61. The Balaban J connectivity index is 2.66. The number of anilines is 4. The van der Waals surface area contributed by atoms with E-state index in [0.717, 1.165) is 21.5 Å². The number of nitrogen functional groups attached to an aromatic ring is 4. The molecule has 0 spiro atoms. The van der Waals surface area contributed by atoms with Gasteiger partial charge in [0.25, 0.3) is 0 Å². The van der Waals surface area contributed by atoms with E-state index in [1.54, 1.807) is 0 Å². The molecule has 3 aromatic carbocycles. The second-order valence-electron chi connectivity index (χ2n) is 4.36. The van der Waals surface area contributed by atoms with Crippen LogP contribution in [0.4, 0.5) is 22.7 Å². The number of fused-ring (bicyclic) bond motifs is 3. The first-order valence-electron chi connectivity index (χ1n) is 5.64. The van der Waals surface area contributed by atoms with Crippen LogP contribution >= 0.6 is 0 Å². The summed E-state index contributed by atoms with van der Waals surface area (Å²) in [7, 11) is 0. The molecule has 90 valence electrons. The third-order valence-corrected chi connectivity index (χ3v) is 3.36. The Labute approximate surface area is 104 Å². The molecule has 0 unspecified atom stereocenters. The van der Waals surface area contributed by atoms with Crippen LogP contribution in [0.15, 0.2) is 36.4 Å². The van der Waals surface area contributed by atoms with Gasteiger partial charge in [-0.2, -0.15) is 0 Å². The van der Waals surface area contributed by atoms with E-state index in [9.17, 15) is 0 Å². The molecule has 4 nitrogen and oxygen atoms in total. The lowest BCUT2D eigenvalue weighted by atomic mass is 9.97. The van der Waals surface area contributed by atoms with Crippen LogP contribution in [0, 0.1) is 0 Å². The first-order valence-corrected chi connectivity index (χ1v) is 5.64. The monoisotopic (exact) mass is 238 g/mol. The van der Waals surface area contributed by atoms with Gasteiger partial charge in [-0.05, 0) is 10.8 Å². The van der Waals surface area contributed by atoms with Gasteiger partial charge in [0.15, 0.2) is 0 Å². The highest BCUT2D eigenvalue weighted by Crippen LogP contribution is 2.41. The maximum absolute atomic E-state index is 6.09. The minimum absolute atomic E-state index is 0.357. The zero-order valence-corrected chi connectivity index (χ0v) is 9.77. The summed E-state index contributed by atoms with van der Waals surface area (Å²) in [5.41, 5.74) is 25.6. The van der Waals surface area contributed by atoms with Gasteiger partial charge < -0.3 is 22.9 Å². The number of hydrogen-bond donors (Lipinski definition) is 4. The second kappa shape index (κ2) is 3.43. The van der Waals surface area contributed by atoms with Crippen LogP contribution in [0.2, 0.25) is 0 Å². The summed E-state index contributed by atoms with van der Waals surface area (Å²) in [5.74, 6) is 0. The zero-order valence-electron chi connectivity index (χ0n) is 9.77. The largest absolute Gasteiger partial charge is 0.396 e. The van der Waals surface area contributed by atoms with Crippen molar-refractivity contribution in [3.05, 3.63) is 36.4 Å². The molecule has 0 aliphatic heterocycles. The van der Waals surface area contributed by atoms with Gasteiger partial charge in [-0.25, -0.2) is 0 Å². The van der Waals surface area contributed by atoms with E-state index in [2.05, 4.69) is 0 Å². The Hall–Kier alpha value is -2.62. The van der Waals surface area contributed by atoms with Gasteiger partial charge in [0, 0.05) is 10.8 Å². The number of hydrogen-bond acceptors (Lipinski definition) is 4. The lowest BCUT2D eigenvalue weighted by molar-refractivity contribution is 1.69. The summed E-state index contributed by atoms with van der Waals surface area (Å²) in [5, 5.41) is 3.85. The van der Waals surface area contributed by atoms with Crippen molar-refractivity contribution < 1.29 is 0 Å². The van der Waals surface area contributed by atoms with Crippen LogP contribution in [0.25, 0.3) is 21.5 Å². The normalized spacial score (nSPS) is 11.1. The van der Waals surface area contributed by atoms with Gasteiger partial charge in [0.05, 0.1) is 22.7 Å². The summed E-state index contributed by atoms with van der Waals surface area (Å²) in [4.78, 5) is 0. The Morgan fingerprint density at radius 2 is 1.22 bits per heavy atom. The van der Waals surface area contributed by atoms with Crippen molar-refractivity contribution >= 4 is 44.3 Å². The van der Waals surface area contributed by atoms with E-state index in [1.165, 1.54) is 0 Å². The molecular weight excluding hydrogens is 224 g/mol. The molecule has 0 aliphatic carbocycles. The average molecular weight is 238 g/mol. The topological polar surface area (TPSA) is 104 Å². The average Bonchev–Trinajstić information content (AvgIpc) is 2.41. The lowest BCUT2D eigenvalue weighted by Gasteiger charge is -2.14. The fraction of sp³-hybridized carbons (Fsp3) is 0. The molecule has 0 fully saturated rings. The molecule has 0 heterocycles. The Morgan fingerprint density at radius 3 is 2.00 bits per heavy atom. The van der Waals surface area contributed by atoms with Crippen molar-refractivity contribution in [1.82, 2.24) is 0 Å². The standard InChI is InChI=1S/C14H14N4/c15-11-9-6-5-7-3-1-2-4-8(7)10(9)12(16)14(18)13(11)17/h1-6H,15-18H2. The van der Waals surface area contributed by atoms with Gasteiger partial charge in [-0.15, -0.1) is 0 Å². The van der Waals surface area contributed by atoms with Crippen LogP contribution in [-0.4, -0.2) is 0 Å². The SMILES string of the molecule is Nc1c(N)c(N)c2c(ccc3ccccc32)c1N. The quantitative estimate of drug-likeness (QED) is 0.356. The van der Waals surface area contributed by atoms with Crippen molar-refractivity contribution in [2.45, 2.75) is 0 Å². The van der Waals surface area contributed by atoms with Gasteiger partial charge in [-0.3, -0.25) is 0 Å². The highest BCUT2D eigenvalue weighted by Gasteiger charge is 2.13. The number of rotatable bonds is 0. The molecule has 0 bridgehead atoms. The van der Waals surface area contributed by atoms with Gasteiger partial charge in [0.2, 0.25) is 0 Å². The van der Waals surface area contributed by atoms with Crippen molar-refractivity contribution in [2.75, 3.05) is 22.9 Å². The summed E-state index contributed by atoms with van der Waals surface area (Å²) >= 11 is 0. The van der Waals surface area contributed by atoms with Gasteiger partial charge in [-0.1, -0.05) is 36.4 Å². The molecule has 4 heteroatoms. The van der Waals surface area contributed by atoms with Crippen molar-refractivity contribution in [3.63, 3.8) is 0 Å². The van der Waals surface area contributed by atoms with Crippen LogP contribution in [0.3, 0.4) is 0 Å². The van der Waals surface area contributed by atoms with Crippen LogP contribution in [0.1, 0.15) is 0 Å². The summed E-state index contributed by atoms with van der Waals surface area (Å²) < 4.78 is 0. The predicted octanol–water partition coefficient (Wildman–Crippen LogP) is 2.32. The van der Waals surface area contributed by atoms with Crippen LogP contribution in [0.5, 0.6) is 0 Å². The van der Waals surface area contributed by atoms with E-state index in [-0.39, 0.29) is 0 Å². The molecule has 0 saturated carbocycles. The van der Waals surface area contributed by atoms with E-state index in [4.69, 9.17) is 22.9 Å². The molecule has 18 heavy (non-hydrogen) atoms. The first kappa shape index (κ1) is 10.5. The van der Waals surface area contributed by atoms with Crippen molar-refractivity contribution in [3.8, 4) is 0 Å². The highest BCUT2D eigenvalue weighted by molar-refractivity contribution is 6.21. The van der Waals surface area contributed by atoms with E-state index >= 15 is 0 Å². The molecule has 0 aromatic heterocycles. The summed E-state index contributed by atoms with van der Waals surface area (Å²) in [6.45, 7) is 0. The zero-order chi connectivity index (χ0) is 12.9. The molecule has 8 N–H and O–H groups in total.